The van der Waals surface area contributed by atoms with Crippen molar-refractivity contribution in [1.29, 1.82) is 0 Å². The fourth-order valence-corrected chi connectivity index (χ4v) is 3.81. The quantitative estimate of drug-likeness (QED) is 0.696. The standard InChI is InChI=1S/C18H20N6OS.ClH/c1-12-11-26-18(20-12)13-2-4-14(5-3-13)21-17(25)16-10-24(23-22-16)15-6-8-19-9-7-15;/h2-5,10-11,15,19H,6-9H2,1H3,(H,21,25);1H. The molecule has 0 radical (unpaired) electrons. The van der Waals surface area contributed by atoms with Gasteiger partial charge in [-0.1, -0.05) is 5.21 Å². The topological polar surface area (TPSA) is 84.7 Å². The van der Waals surface area contributed by atoms with Gasteiger partial charge in [-0.05, 0) is 57.1 Å². The van der Waals surface area contributed by atoms with Crippen molar-refractivity contribution in [1.82, 2.24) is 25.3 Å². The first-order valence-corrected chi connectivity index (χ1v) is 9.53. The van der Waals surface area contributed by atoms with Crippen molar-refractivity contribution in [3.63, 3.8) is 0 Å². The third-order valence-electron chi connectivity index (χ3n) is 4.43. The van der Waals surface area contributed by atoms with Gasteiger partial charge < -0.3 is 10.6 Å². The summed E-state index contributed by atoms with van der Waals surface area (Å²) in [5.74, 6) is -0.247. The minimum absolute atomic E-state index is 0. The second-order valence-electron chi connectivity index (χ2n) is 6.39. The number of nitrogens with one attached hydrogen (secondary N) is 2. The van der Waals surface area contributed by atoms with Crippen LogP contribution in [0.4, 0.5) is 5.69 Å². The third kappa shape index (κ3) is 4.52. The summed E-state index contributed by atoms with van der Waals surface area (Å²) in [6, 6.07) is 7.98. The van der Waals surface area contributed by atoms with E-state index in [0.717, 1.165) is 47.9 Å². The van der Waals surface area contributed by atoms with Crippen LogP contribution in [-0.2, 0) is 0 Å². The molecule has 1 aromatic carbocycles. The number of hydrogen-bond donors (Lipinski definition) is 2. The van der Waals surface area contributed by atoms with Crippen LogP contribution in [0.3, 0.4) is 0 Å². The number of carbonyl (C=O) groups is 1. The van der Waals surface area contributed by atoms with E-state index in [9.17, 15) is 4.79 Å². The van der Waals surface area contributed by atoms with Gasteiger partial charge in [-0.25, -0.2) is 9.67 Å². The Morgan fingerprint density at radius 1 is 1.26 bits per heavy atom. The molecule has 1 saturated heterocycles. The Morgan fingerprint density at radius 2 is 2.00 bits per heavy atom. The van der Waals surface area contributed by atoms with Gasteiger partial charge >= 0.3 is 0 Å². The predicted octanol–water partition coefficient (Wildman–Crippen LogP) is 3.31. The molecule has 4 rings (SSSR count). The molecule has 0 atom stereocenters. The van der Waals surface area contributed by atoms with E-state index in [1.54, 1.807) is 17.5 Å². The van der Waals surface area contributed by atoms with Crippen LogP contribution < -0.4 is 10.6 Å². The van der Waals surface area contributed by atoms with Crippen molar-refractivity contribution in [2.24, 2.45) is 0 Å². The summed E-state index contributed by atoms with van der Waals surface area (Å²) in [7, 11) is 0. The van der Waals surface area contributed by atoms with Gasteiger partial charge in [0.2, 0.25) is 0 Å². The first-order valence-electron chi connectivity index (χ1n) is 8.65. The minimum Gasteiger partial charge on any atom is -0.321 e. The fraction of sp³-hybridized carbons (Fsp3) is 0.333. The molecule has 142 valence electrons. The van der Waals surface area contributed by atoms with E-state index in [2.05, 4.69) is 25.9 Å². The van der Waals surface area contributed by atoms with Gasteiger partial charge in [-0.3, -0.25) is 4.79 Å². The maximum Gasteiger partial charge on any atom is 0.277 e. The Labute approximate surface area is 167 Å². The highest BCUT2D eigenvalue weighted by atomic mass is 35.5. The lowest BCUT2D eigenvalue weighted by atomic mass is 10.1. The normalized spacial score (nSPS) is 14.6. The van der Waals surface area contributed by atoms with Gasteiger partial charge in [0.1, 0.15) is 5.01 Å². The molecule has 0 bridgehead atoms. The molecule has 1 aliphatic heterocycles. The zero-order valence-electron chi connectivity index (χ0n) is 14.9. The third-order valence-corrected chi connectivity index (χ3v) is 5.44. The van der Waals surface area contributed by atoms with Crippen LogP contribution in [0.1, 0.15) is 35.1 Å². The van der Waals surface area contributed by atoms with Crippen LogP contribution in [0.25, 0.3) is 10.6 Å². The summed E-state index contributed by atoms with van der Waals surface area (Å²) in [5.41, 5.74) is 3.11. The first kappa shape index (κ1) is 19.5. The molecule has 7 nitrogen and oxygen atoms in total. The van der Waals surface area contributed by atoms with E-state index in [4.69, 9.17) is 0 Å². The highest BCUT2D eigenvalue weighted by Gasteiger charge is 2.18. The minimum atomic E-state index is -0.247. The Kier molecular flexibility index (Phi) is 6.20. The molecule has 3 heterocycles. The van der Waals surface area contributed by atoms with Crippen molar-refractivity contribution >= 4 is 35.3 Å². The number of thiazole rings is 1. The van der Waals surface area contributed by atoms with Gasteiger partial charge in [0, 0.05) is 22.3 Å². The molecule has 0 spiro atoms. The number of amides is 1. The maximum absolute atomic E-state index is 12.4. The van der Waals surface area contributed by atoms with E-state index < -0.39 is 0 Å². The lowest BCUT2D eigenvalue weighted by Crippen LogP contribution is -2.29. The molecule has 1 amide bonds. The zero-order chi connectivity index (χ0) is 17.9. The van der Waals surface area contributed by atoms with E-state index in [1.807, 2.05) is 41.3 Å². The van der Waals surface area contributed by atoms with Crippen molar-refractivity contribution in [3.8, 4) is 10.6 Å². The number of rotatable bonds is 4. The lowest BCUT2D eigenvalue weighted by Gasteiger charge is -2.22. The number of piperidine rings is 1. The largest absolute Gasteiger partial charge is 0.321 e. The number of hydrogen-bond acceptors (Lipinski definition) is 6. The zero-order valence-corrected chi connectivity index (χ0v) is 16.5. The highest BCUT2D eigenvalue weighted by molar-refractivity contribution is 7.13. The van der Waals surface area contributed by atoms with Crippen LogP contribution in [0.15, 0.2) is 35.8 Å². The smallest absolute Gasteiger partial charge is 0.277 e. The summed E-state index contributed by atoms with van der Waals surface area (Å²) >= 11 is 1.61. The molecule has 0 unspecified atom stereocenters. The summed E-state index contributed by atoms with van der Waals surface area (Å²) < 4.78 is 1.81. The SMILES string of the molecule is Cc1csc(-c2ccc(NC(=O)c3cn(C4CCNCC4)nn3)cc2)n1.Cl. The monoisotopic (exact) mass is 404 g/mol. The van der Waals surface area contributed by atoms with Gasteiger partial charge in [0.05, 0.1) is 12.2 Å². The Hall–Kier alpha value is -2.29. The molecular formula is C18H21ClN6OS. The number of aromatic nitrogens is 4. The molecule has 1 fully saturated rings. The highest BCUT2D eigenvalue weighted by Crippen LogP contribution is 2.25. The van der Waals surface area contributed by atoms with Crippen LogP contribution in [0, 0.1) is 6.92 Å². The maximum atomic E-state index is 12.4. The molecule has 3 aromatic rings. The number of nitrogens with zero attached hydrogens (tertiary/aromatic N) is 4. The Balaban J connectivity index is 0.00000210. The molecule has 1 aliphatic rings. The molecule has 2 aromatic heterocycles. The molecular weight excluding hydrogens is 384 g/mol. The van der Waals surface area contributed by atoms with Crippen LogP contribution >= 0.6 is 23.7 Å². The second-order valence-corrected chi connectivity index (χ2v) is 7.25. The predicted molar refractivity (Wildman–Crippen MR) is 109 cm³/mol. The van der Waals surface area contributed by atoms with Crippen molar-refractivity contribution in [2.45, 2.75) is 25.8 Å². The number of aryl methyl sites for hydroxylation is 1. The van der Waals surface area contributed by atoms with Crippen LogP contribution in [0.5, 0.6) is 0 Å². The lowest BCUT2D eigenvalue weighted by molar-refractivity contribution is 0.102. The van der Waals surface area contributed by atoms with E-state index >= 15 is 0 Å². The average Bonchev–Trinajstić information content (AvgIpc) is 3.32. The number of halogens is 1. The Morgan fingerprint density at radius 3 is 2.67 bits per heavy atom. The molecule has 0 aliphatic carbocycles. The number of carbonyl (C=O) groups excluding carboxylic acids is 1. The Bertz CT molecular complexity index is 901. The van der Waals surface area contributed by atoms with Crippen molar-refractivity contribution in [2.75, 3.05) is 18.4 Å². The molecule has 9 heteroatoms. The van der Waals surface area contributed by atoms with E-state index in [0.29, 0.717) is 11.7 Å². The van der Waals surface area contributed by atoms with Gasteiger partial charge in [0.15, 0.2) is 5.69 Å². The molecule has 0 saturated carbocycles. The number of anilines is 1. The number of benzene rings is 1. The van der Waals surface area contributed by atoms with E-state index in [1.165, 1.54) is 0 Å². The summed E-state index contributed by atoms with van der Waals surface area (Å²) in [4.78, 5) is 16.9. The van der Waals surface area contributed by atoms with Gasteiger partial charge in [-0.15, -0.1) is 28.8 Å². The van der Waals surface area contributed by atoms with Crippen LogP contribution in [0.2, 0.25) is 0 Å². The first-order chi connectivity index (χ1) is 12.7. The summed E-state index contributed by atoms with van der Waals surface area (Å²) in [6.07, 6.45) is 3.74. The van der Waals surface area contributed by atoms with E-state index in [-0.39, 0.29) is 18.3 Å². The van der Waals surface area contributed by atoms with Crippen molar-refractivity contribution < 1.29 is 4.79 Å². The summed E-state index contributed by atoms with van der Waals surface area (Å²) in [6.45, 7) is 3.92. The van der Waals surface area contributed by atoms with Crippen molar-refractivity contribution in [3.05, 3.63) is 47.2 Å². The molecule has 2 N–H and O–H groups in total. The van der Waals surface area contributed by atoms with Gasteiger partial charge in [0.25, 0.3) is 5.91 Å². The second kappa shape index (κ2) is 8.60. The van der Waals surface area contributed by atoms with Crippen LogP contribution in [-0.4, -0.2) is 39.0 Å². The molecule has 27 heavy (non-hydrogen) atoms. The fourth-order valence-electron chi connectivity index (χ4n) is 3.01. The summed E-state index contributed by atoms with van der Waals surface area (Å²) in [5, 5.41) is 17.4. The average molecular weight is 405 g/mol. The van der Waals surface area contributed by atoms with Gasteiger partial charge in [-0.2, -0.15) is 0 Å².